The lowest BCUT2D eigenvalue weighted by Gasteiger charge is -2.26. The number of carbonyl (C=O) groups is 1. The topological polar surface area (TPSA) is 130 Å². The second-order valence-electron chi connectivity index (χ2n) is 7.89. The van der Waals surface area contributed by atoms with Crippen LogP contribution in [0, 0.1) is 17.7 Å². The molecule has 0 saturated carbocycles. The first kappa shape index (κ1) is 25.2. The molecule has 3 aromatic rings. The summed E-state index contributed by atoms with van der Waals surface area (Å²) in [6, 6.07) is 2.79. The minimum atomic E-state index is -5.75. The molecular weight excluding hydrogens is 508 g/mol. The molecule has 4 heterocycles. The summed E-state index contributed by atoms with van der Waals surface area (Å²) in [6.07, 6.45) is 1.36. The molecule has 0 aliphatic carbocycles. The van der Waals surface area contributed by atoms with Crippen LogP contribution in [0.1, 0.15) is 37.1 Å². The fraction of sp³-hybridized carbons (Fsp3) is 0.333. The Morgan fingerprint density at radius 1 is 1.31 bits per heavy atom. The number of halogens is 4. The van der Waals surface area contributed by atoms with Gasteiger partial charge in [-0.2, -0.15) is 21.6 Å². The zero-order valence-corrected chi connectivity index (χ0v) is 19.3. The molecule has 1 aliphatic heterocycles. The van der Waals surface area contributed by atoms with E-state index in [1.54, 1.807) is 4.90 Å². The van der Waals surface area contributed by atoms with Crippen molar-refractivity contribution in [3.63, 3.8) is 0 Å². The zero-order valence-electron chi connectivity index (χ0n) is 18.5. The van der Waals surface area contributed by atoms with Crippen LogP contribution in [-0.4, -0.2) is 56.6 Å². The van der Waals surface area contributed by atoms with Crippen molar-refractivity contribution in [2.75, 3.05) is 11.4 Å². The number of hydrogen-bond acceptors (Lipinski definition) is 7. The number of carboxylic acid groups (broad SMARTS) is 1. The molecule has 4 rings (SSSR count). The van der Waals surface area contributed by atoms with Gasteiger partial charge in [0.2, 0.25) is 0 Å². The molecule has 15 heteroatoms. The van der Waals surface area contributed by atoms with Crippen LogP contribution in [0.25, 0.3) is 11.2 Å². The van der Waals surface area contributed by atoms with E-state index in [0.717, 1.165) is 6.20 Å². The summed E-state index contributed by atoms with van der Waals surface area (Å²) in [6.45, 7) is 1.91. The third-order valence-electron chi connectivity index (χ3n) is 5.44. The van der Waals surface area contributed by atoms with Gasteiger partial charge in [0.05, 0.1) is 18.3 Å². The second kappa shape index (κ2) is 9.26. The van der Waals surface area contributed by atoms with Gasteiger partial charge in [0.25, 0.3) is 0 Å². The summed E-state index contributed by atoms with van der Waals surface area (Å²) in [5.74, 6) is 4.95. The predicted octanol–water partition coefficient (Wildman–Crippen LogP) is 3.01. The van der Waals surface area contributed by atoms with Crippen LogP contribution in [0.4, 0.5) is 28.2 Å². The first-order chi connectivity index (χ1) is 16.9. The first-order valence-electron chi connectivity index (χ1n) is 10.5. The van der Waals surface area contributed by atoms with Gasteiger partial charge < -0.3 is 15.3 Å². The number of amides is 1. The van der Waals surface area contributed by atoms with Gasteiger partial charge in [0, 0.05) is 12.1 Å². The minimum absolute atomic E-state index is 0.0194. The highest BCUT2D eigenvalue weighted by molar-refractivity contribution is 7.90. The van der Waals surface area contributed by atoms with Crippen molar-refractivity contribution in [3.8, 4) is 11.8 Å². The monoisotopic (exact) mass is 526 g/mol. The third kappa shape index (κ3) is 4.76. The number of fused-ring (bicyclic) bond motifs is 1. The number of hydrogen-bond donors (Lipinski definition) is 2. The van der Waals surface area contributed by atoms with E-state index >= 15 is 0 Å². The van der Waals surface area contributed by atoms with Crippen molar-refractivity contribution in [2.24, 2.45) is 0 Å². The molecule has 36 heavy (non-hydrogen) atoms. The minimum Gasteiger partial charge on any atom is -0.465 e. The van der Waals surface area contributed by atoms with Crippen molar-refractivity contribution in [3.05, 3.63) is 47.8 Å². The fourth-order valence-corrected chi connectivity index (χ4v) is 4.64. The quantitative estimate of drug-likeness (QED) is 0.392. The molecule has 1 fully saturated rings. The van der Waals surface area contributed by atoms with Crippen molar-refractivity contribution < 1.29 is 35.9 Å². The Kier molecular flexibility index (Phi) is 6.48. The Balaban J connectivity index is 1.75. The van der Waals surface area contributed by atoms with Crippen molar-refractivity contribution in [2.45, 2.75) is 37.4 Å². The number of nitrogens with one attached hydrogen (secondary N) is 1. The van der Waals surface area contributed by atoms with Crippen LogP contribution >= 0.6 is 0 Å². The van der Waals surface area contributed by atoms with Gasteiger partial charge >= 0.3 is 21.6 Å². The maximum Gasteiger partial charge on any atom is 0.517 e. The fourth-order valence-electron chi connectivity index (χ4n) is 3.89. The summed E-state index contributed by atoms with van der Waals surface area (Å²) >= 11 is 0. The van der Waals surface area contributed by atoms with Gasteiger partial charge in [0.1, 0.15) is 29.2 Å². The predicted molar refractivity (Wildman–Crippen MR) is 119 cm³/mol. The van der Waals surface area contributed by atoms with Gasteiger partial charge in [-0.3, -0.25) is 0 Å². The maximum absolute atomic E-state index is 14.1. The molecule has 0 radical (unpaired) electrons. The van der Waals surface area contributed by atoms with Gasteiger partial charge in [0.15, 0.2) is 5.65 Å². The number of nitrogens with zero attached hydrogens (tertiary/aromatic N) is 5. The summed E-state index contributed by atoms with van der Waals surface area (Å²) in [5, 5.41) is 11.0. The molecule has 3 aromatic heterocycles. The number of imidazole rings is 1. The SMILES string of the molecule is CC(C#Cc1ncc(F)cc1[C@H]1CCCN1c1ccc2ncn(S(=O)(=O)C(F)(F)F)c2n1)NC(=O)O. The van der Waals surface area contributed by atoms with Crippen LogP contribution < -0.4 is 10.2 Å². The first-order valence-corrected chi connectivity index (χ1v) is 11.9. The van der Waals surface area contributed by atoms with Crippen molar-refractivity contribution in [1.82, 2.24) is 24.2 Å². The number of aromatic nitrogens is 4. The number of anilines is 1. The summed E-state index contributed by atoms with van der Waals surface area (Å²) in [7, 11) is -5.75. The summed E-state index contributed by atoms with van der Waals surface area (Å²) in [5.41, 5.74) is -5.54. The molecule has 10 nitrogen and oxygen atoms in total. The van der Waals surface area contributed by atoms with E-state index in [0.29, 0.717) is 31.3 Å². The zero-order chi connectivity index (χ0) is 26.3. The summed E-state index contributed by atoms with van der Waals surface area (Å²) < 4.78 is 77.4. The van der Waals surface area contributed by atoms with E-state index in [1.807, 2.05) is 0 Å². The van der Waals surface area contributed by atoms with Crippen LogP contribution in [0.5, 0.6) is 0 Å². The molecule has 0 spiro atoms. The lowest BCUT2D eigenvalue weighted by Crippen LogP contribution is -2.30. The molecule has 1 amide bonds. The normalized spacial score (nSPS) is 17.0. The third-order valence-corrected chi connectivity index (χ3v) is 6.81. The lowest BCUT2D eigenvalue weighted by molar-refractivity contribution is -0.0445. The Bertz CT molecular complexity index is 1500. The molecular formula is C21H18F4N6O4S. The van der Waals surface area contributed by atoms with Gasteiger partial charge in [-0.1, -0.05) is 5.92 Å². The van der Waals surface area contributed by atoms with E-state index in [9.17, 15) is 30.8 Å². The molecule has 0 aromatic carbocycles. The second-order valence-corrected chi connectivity index (χ2v) is 9.69. The molecule has 2 atom stereocenters. The van der Waals surface area contributed by atoms with E-state index in [-0.39, 0.29) is 21.0 Å². The smallest absolute Gasteiger partial charge is 0.465 e. The van der Waals surface area contributed by atoms with Crippen LogP contribution in [0.15, 0.2) is 30.7 Å². The maximum atomic E-state index is 14.1. The Hall–Kier alpha value is -3.93. The van der Waals surface area contributed by atoms with Gasteiger partial charge in [-0.15, -0.1) is 0 Å². The number of pyridine rings is 2. The average Bonchev–Trinajstić information content (AvgIpc) is 3.44. The number of rotatable bonds is 4. The molecule has 190 valence electrons. The van der Waals surface area contributed by atoms with Crippen molar-refractivity contribution in [1.29, 1.82) is 0 Å². The standard InChI is InChI=1S/C21H18F4N6O4S/c1-12(28-20(32)33)4-5-15-14(9-13(22)10-26-15)17-3-2-8-30(17)18-7-6-16-19(29-18)31(11-27-16)36(34,35)21(23,24)25/h6-7,9-12,17,28H,2-3,8H2,1H3,(H,32,33)/t12?,17-/m1/s1. The van der Waals surface area contributed by atoms with E-state index in [2.05, 4.69) is 32.1 Å². The van der Waals surface area contributed by atoms with Crippen LogP contribution in [-0.2, 0) is 10.0 Å². The molecule has 1 saturated heterocycles. The Morgan fingerprint density at radius 3 is 2.75 bits per heavy atom. The number of alkyl halides is 3. The largest absolute Gasteiger partial charge is 0.517 e. The highest BCUT2D eigenvalue weighted by Gasteiger charge is 2.48. The van der Waals surface area contributed by atoms with E-state index < -0.39 is 45.2 Å². The lowest BCUT2D eigenvalue weighted by atomic mass is 10.0. The van der Waals surface area contributed by atoms with E-state index in [4.69, 9.17) is 5.11 Å². The van der Waals surface area contributed by atoms with Crippen molar-refractivity contribution >= 4 is 33.1 Å². The molecule has 0 bridgehead atoms. The Labute approximate surface area is 202 Å². The highest BCUT2D eigenvalue weighted by Crippen LogP contribution is 2.37. The highest BCUT2D eigenvalue weighted by atomic mass is 32.2. The average molecular weight is 526 g/mol. The van der Waals surface area contributed by atoms with E-state index in [1.165, 1.54) is 25.1 Å². The van der Waals surface area contributed by atoms with Gasteiger partial charge in [-0.05, 0) is 43.9 Å². The summed E-state index contributed by atoms with van der Waals surface area (Å²) in [4.78, 5) is 24.4. The molecule has 2 N–H and O–H groups in total. The molecule has 1 unspecified atom stereocenters. The van der Waals surface area contributed by atoms with Crippen LogP contribution in [0.2, 0.25) is 0 Å². The van der Waals surface area contributed by atoms with Crippen LogP contribution in [0.3, 0.4) is 0 Å². The molecule has 1 aliphatic rings. The van der Waals surface area contributed by atoms with Gasteiger partial charge in [-0.25, -0.2) is 28.1 Å². The Morgan fingerprint density at radius 2 is 2.06 bits per heavy atom.